The monoisotopic (exact) mass is 399 g/mol. The molecule has 1 aromatic rings. The second-order valence-corrected chi connectivity index (χ2v) is 9.59. The number of rotatable bonds is 2. The van der Waals surface area contributed by atoms with Crippen molar-refractivity contribution in [2.75, 3.05) is 19.6 Å². The van der Waals surface area contributed by atoms with Gasteiger partial charge in [-0.15, -0.1) is 0 Å². The number of nitrogens with one attached hydrogen (secondary N) is 1. The van der Waals surface area contributed by atoms with Crippen molar-refractivity contribution in [3.63, 3.8) is 0 Å². The number of nitrogens with zero attached hydrogens (tertiary/aromatic N) is 2. The molecule has 0 radical (unpaired) electrons. The van der Waals surface area contributed by atoms with Crippen molar-refractivity contribution < 1.29 is 14.3 Å². The van der Waals surface area contributed by atoms with Crippen molar-refractivity contribution in [1.29, 1.82) is 0 Å². The Morgan fingerprint density at radius 2 is 1.90 bits per heavy atom. The normalized spacial score (nSPS) is 27.1. The molecule has 2 heterocycles. The van der Waals surface area contributed by atoms with Crippen LogP contribution < -0.4 is 5.32 Å². The quantitative estimate of drug-likeness (QED) is 0.829. The van der Waals surface area contributed by atoms with E-state index in [1.165, 1.54) is 11.1 Å². The van der Waals surface area contributed by atoms with Crippen LogP contribution in [0.15, 0.2) is 24.3 Å². The van der Waals surface area contributed by atoms with Crippen molar-refractivity contribution in [3.8, 4) is 0 Å². The van der Waals surface area contributed by atoms with Gasteiger partial charge < -0.3 is 10.1 Å². The van der Waals surface area contributed by atoms with E-state index < -0.39 is 11.6 Å². The number of hydrogen-bond acceptors (Lipinski definition) is 4. The second-order valence-electron chi connectivity index (χ2n) is 9.59. The molecule has 1 aliphatic carbocycles. The number of carbonyl (C=O) groups is 2. The van der Waals surface area contributed by atoms with Gasteiger partial charge in [0.15, 0.2) is 0 Å². The van der Waals surface area contributed by atoms with Crippen LogP contribution in [0.2, 0.25) is 0 Å². The predicted molar refractivity (Wildman–Crippen MR) is 112 cm³/mol. The summed E-state index contributed by atoms with van der Waals surface area (Å²) in [6.45, 7) is 7.75. The van der Waals surface area contributed by atoms with Gasteiger partial charge in [0.05, 0.1) is 6.04 Å². The van der Waals surface area contributed by atoms with Crippen LogP contribution in [-0.2, 0) is 16.0 Å². The van der Waals surface area contributed by atoms with Gasteiger partial charge in [0.25, 0.3) is 0 Å². The van der Waals surface area contributed by atoms with E-state index in [0.717, 1.165) is 38.6 Å². The molecule has 29 heavy (non-hydrogen) atoms. The number of benzene rings is 1. The minimum Gasteiger partial charge on any atom is -0.444 e. The number of hydrogen-bond donors (Lipinski definition) is 1. The molecule has 2 saturated heterocycles. The third kappa shape index (κ3) is 4.42. The van der Waals surface area contributed by atoms with E-state index in [-0.39, 0.29) is 18.0 Å². The maximum absolute atomic E-state index is 13.4. The summed E-state index contributed by atoms with van der Waals surface area (Å²) in [6, 6.07) is 8.20. The van der Waals surface area contributed by atoms with Gasteiger partial charge in [-0.3, -0.25) is 14.6 Å². The molecule has 0 unspecified atom stereocenters. The Hall–Kier alpha value is -2.08. The van der Waals surface area contributed by atoms with Crippen LogP contribution in [0, 0.1) is 0 Å². The van der Waals surface area contributed by atoms with Crippen LogP contribution in [0.4, 0.5) is 4.79 Å². The molecule has 0 spiro atoms. The Bertz CT molecular complexity index is 773. The Labute approximate surface area is 173 Å². The van der Waals surface area contributed by atoms with Crippen LogP contribution >= 0.6 is 0 Å². The summed E-state index contributed by atoms with van der Waals surface area (Å²) in [5.41, 5.74) is 1.95. The van der Waals surface area contributed by atoms with E-state index in [0.29, 0.717) is 19.1 Å². The second kappa shape index (κ2) is 7.98. The lowest BCUT2D eigenvalue weighted by molar-refractivity contribution is -0.130. The van der Waals surface area contributed by atoms with E-state index in [2.05, 4.69) is 28.4 Å². The number of fused-ring (bicyclic) bond motifs is 2. The first-order valence-corrected chi connectivity index (χ1v) is 10.9. The van der Waals surface area contributed by atoms with Crippen molar-refractivity contribution in [1.82, 2.24) is 15.1 Å². The van der Waals surface area contributed by atoms with Gasteiger partial charge in [0.2, 0.25) is 5.91 Å². The summed E-state index contributed by atoms with van der Waals surface area (Å²) >= 11 is 0. The third-order valence-electron chi connectivity index (χ3n) is 6.31. The Morgan fingerprint density at radius 1 is 1.10 bits per heavy atom. The lowest BCUT2D eigenvalue weighted by Crippen LogP contribution is -2.63. The van der Waals surface area contributed by atoms with Crippen LogP contribution in [0.5, 0.6) is 0 Å². The molecule has 1 aromatic carbocycles. The fourth-order valence-corrected chi connectivity index (χ4v) is 4.94. The van der Waals surface area contributed by atoms with Gasteiger partial charge in [0, 0.05) is 19.1 Å². The van der Waals surface area contributed by atoms with Crippen LogP contribution in [-0.4, -0.2) is 59.1 Å². The zero-order valence-electron chi connectivity index (χ0n) is 17.8. The van der Waals surface area contributed by atoms with Gasteiger partial charge >= 0.3 is 6.09 Å². The first-order valence-electron chi connectivity index (χ1n) is 10.9. The van der Waals surface area contributed by atoms with Crippen LogP contribution in [0.25, 0.3) is 0 Å². The van der Waals surface area contributed by atoms with Crippen molar-refractivity contribution in [3.05, 3.63) is 35.4 Å². The zero-order valence-corrected chi connectivity index (χ0v) is 17.8. The number of aryl methyl sites for hydroxylation is 1. The molecule has 158 valence electrons. The highest BCUT2D eigenvalue weighted by Crippen LogP contribution is 2.31. The Balaban J connectivity index is 1.52. The van der Waals surface area contributed by atoms with Crippen molar-refractivity contribution in [2.24, 2.45) is 0 Å². The molecular weight excluding hydrogens is 366 g/mol. The largest absolute Gasteiger partial charge is 0.444 e. The molecule has 6 heteroatoms. The zero-order chi connectivity index (χ0) is 20.6. The average molecular weight is 400 g/mol. The molecule has 3 atom stereocenters. The highest BCUT2D eigenvalue weighted by atomic mass is 16.6. The Kier molecular flexibility index (Phi) is 5.56. The molecule has 0 saturated carbocycles. The topological polar surface area (TPSA) is 61.9 Å². The summed E-state index contributed by atoms with van der Waals surface area (Å²) in [5, 5.41) is 3.26. The maximum atomic E-state index is 13.4. The molecule has 6 nitrogen and oxygen atoms in total. The molecule has 2 amide bonds. The van der Waals surface area contributed by atoms with Gasteiger partial charge in [0.1, 0.15) is 11.6 Å². The van der Waals surface area contributed by atoms with Crippen molar-refractivity contribution >= 4 is 12.0 Å². The van der Waals surface area contributed by atoms with E-state index in [9.17, 15) is 9.59 Å². The van der Waals surface area contributed by atoms with Gasteiger partial charge in [-0.05, 0) is 70.5 Å². The summed E-state index contributed by atoms with van der Waals surface area (Å²) in [5.74, 6) is -0.0667. The van der Waals surface area contributed by atoms with Crippen LogP contribution in [0.3, 0.4) is 0 Å². The first-order chi connectivity index (χ1) is 13.8. The fraction of sp³-hybridized carbons (Fsp3) is 0.652. The van der Waals surface area contributed by atoms with E-state index in [1.54, 1.807) is 4.90 Å². The van der Waals surface area contributed by atoms with Gasteiger partial charge in [-0.1, -0.05) is 24.3 Å². The molecular formula is C23H33N3O3. The molecule has 1 N–H and O–H groups in total. The third-order valence-corrected chi connectivity index (χ3v) is 6.31. The molecule has 3 aliphatic rings. The number of carbonyl (C=O) groups excluding carboxylic acids is 2. The molecule has 2 fully saturated rings. The molecule has 2 aliphatic heterocycles. The highest BCUT2D eigenvalue weighted by Gasteiger charge is 2.43. The molecule has 0 aromatic heterocycles. The predicted octanol–water partition coefficient (Wildman–Crippen LogP) is 3.26. The van der Waals surface area contributed by atoms with E-state index >= 15 is 0 Å². The first kappa shape index (κ1) is 20.2. The minimum atomic E-state index is -0.576. The van der Waals surface area contributed by atoms with Gasteiger partial charge in [-0.25, -0.2) is 4.79 Å². The standard InChI is InChI=1S/C23H33N3O3/c1-23(2,3)29-22(28)26-14-17-10-7-13-25(17)15-20(26)21(27)24-19-12-6-9-16-8-4-5-11-18(16)19/h4-5,8,11,17,19-20H,6-7,9-10,12-15H2,1-3H3,(H,24,27)/t17-,19+,20-/m0/s1. The minimum absolute atomic E-state index is 0.0178. The number of amides is 2. The van der Waals surface area contributed by atoms with Gasteiger partial charge in [-0.2, -0.15) is 0 Å². The van der Waals surface area contributed by atoms with Crippen molar-refractivity contribution in [2.45, 2.75) is 76.6 Å². The van der Waals surface area contributed by atoms with E-state index in [4.69, 9.17) is 4.74 Å². The number of ether oxygens (including phenoxy) is 1. The molecule has 0 bridgehead atoms. The average Bonchev–Trinajstić information content (AvgIpc) is 3.13. The fourth-order valence-electron chi connectivity index (χ4n) is 4.94. The summed E-state index contributed by atoms with van der Waals surface area (Å²) < 4.78 is 5.64. The lowest BCUT2D eigenvalue weighted by Gasteiger charge is -2.43. The summed E-state index contributed by atoms with van der Waals surface area (Å²) in [6.07, 6.45) is 4.88. The summed E-state index contributed by atoms with van der Waals surface area (Å²) in [7, 11) is 0. The SMILES string of the molecule is CC(C)(C)OC(=O)N1C[C@@H]2CCCN2C[C@H]1C(=O)N[C@@H]1CCCc2ccccc21. The van der Waals surface area contributed by atoms with E-state index in [1.807, 2.05) is 26.8 Å². The Morgan fingerprint density at radius 3 is 2.69 bits per heavy atom. The van der Waals surface area contributed by atoms with Crippen LogP contribution in [0.1, 0.15) is 63.6 Å². The molecule has 4 rings (SSSR count). The summed E-state index contributed by atoms with van der Waals surface area (Å²) in [4.78, 5) is 30.3. The number of piperazine rings is 1. The smallest absolute Gasteiger partial charge is 0.411 e. The highest BCUT2D eigenvalue weighted by molar-refractivity contribution is 5.86. The maximum Gasteiger partial charge on any atom is 0.411 e. The lowest BCUT2D eigenvalue weighted by atomic mass is 9.87.